The lowest BCUT2D eigenvalue weighted by atomic mass is 9.95. The number of aromatic nitrogens is 2. The van der Waals surface area contributed by atoms with Gasteiger partial charge in [-0.25, -0.2) is 9.59 Å². The smallest absolute Gasteiger partial charge is 0.475 e. The molecule has 2 fully saturated rings. The molecule has 0 unspecified atom stereocenters. The molecule has 39 heavy (non-hydrogen) atoms. The first-order valence-corrected chi connectivity index (χ1v) is 11.2. The standard InChI is InChI=1S/C19H21N5O.2C2HF3O2/c1-22-13-16(11-21-22)24-18-7-8-23(17(18)5-6-19(24)25)12-15-4-2-3-14(9-15)10-20;2*3-2(4,5)1(6)7/h2-4,9,11,13,17-18H,5-8,12H2,1H3;2*(H,6,7)/t17-,18-;;/m1../s1. The number of halogens is 6. The van der Waals surface area contributed by atoms with E-state index in [2.05, 4.69) is 22.1 Å². The van der Waals surface area contributed by atoms with Crippen LogP contribution in [-0.4, -0.2) is 73.7 Å². The molecule has 1 aromatic carbocycles. The number of piperidine rings is 1. The van der Waals surface area contributed by atoms with E-state index < -0.39 is 24.3 Å². The van der Waals surface area contributed by atoms with Crippen molar-refractivity contribution in [3.05, 3.63) is 47.8 Å². The van der Waals surface area contributed by atoms with Gasteiger partial charge in [-0.05, 0) is 30.5 Å². The van der Waals surface area contributed by atoms with Crippen LogP contribution in [-0.2, 0) is 28.0 Å². The van der Waals surface area contributed by atoms with Crippen LogP contribution in [0, 0.1) is 11.3 Å². The lowest BCUT2D eigenvalue weighted by Gasteiger charge is -2.39. The average molecular weight is 563 g/mol. The minimum Gasteiger partial charge on any atom is -0.475 e. The van der Waals surface area contributed by atoms with Crippen LogP contribution in [0.5, 0.6) is 0 Å². The van der Waals surface area contributed by atoms with Crippen molar-refractivity contribution in [2.75, 3.05) is 11.4 Å². The molecular formula is C23H23F6N5O5. The van der Waals surface area contributed by atoms with E-state index in [9.17, 15) is 31.1 Å². The Kier molecular flexibility index (Phi) is 10.1. The number of carbonyl (C=O) groups excluding carboxylic acids is 1. The number of carboxylic acid groups (broad SMARTS) is 2. The molecule has 212 valence electrons. The van der Waals surface area contributed by atoms with Gasteiger partial charge in [0.1, 0.15) is 0 Å². The number of carboxylic acids is 2. The maximum Gasteiger partial charge on any atom is 0.490 e. The number of likely N-dealkylation sites (tertiary alicyclic amines) is 1. The number of amides is 1. The van der Waals surface area contributed by atoms with Crippen molar-refractivity contribution in [2.45, 2.75) is 50.2 Å². The highest BCUT2D eigenvalue weighted by atomic mass is 19.4. The summed E-state index contributed by atoms with van der Waals surface area (Å²) in [5, 5.41) is 27.6. The molecule has 2 aliphatic rings. The molecule has 0 saturated carbocycles. The van der Waals surface area contributed by atoms with Crippen molar-refractivity contribution in [1.29, 1.82) is 5.26 Å². The van der Waals surface area contributed by atoms with Gasteiger partial charge in [-0.15, -0.1) is 0 Å². The fourth-order valence-corrected chi connectivity index (χ4v) is 4.19. The van der Waals surface area contributed by atoms with Gasteiger partial charge in [0, 0.05) is 38.8 Å². The monoisotopic (exact) mass is 563 g/mol. The highest BCUT2D eigenvalue weighted by Gasteiger charge is 2.44. The van der Waals surface area contributed by atoms with Gasteiger partial charge >= 0.3 is 24.3 Å². The molecule has 2 aliphatic heterocycles. The Bertz CT molecular complexity index is 1200. The van der Waals surface area contributed by atoms with Gasteiger partial charge in [-0.3, -0.25) is 14.4 Å². The van der Waals surface area contributed by atoms with E-state index in [0.717, 1.165) is 37.2 Å². The number of rotatable bonds is 3. The molecule has 0 spiro atoms. The third kappa shape index (κ3) is 8.70. The van der Waals surface area contributed by atoms with Crippen LogP contribution in [0.3, 0.4) is 0 Å². The Morgan fingerprint density at radius 3 is 2.15 bits per heavy atom. The molecule has 2 atom stereocenters. The molecule has 10 nitrogen and oxygen atoms in total. The van der Waals surface area contributed by atoms with Gasteiger partial charge in [0.15, 0.2) is 0 Å². The third-order valence-electron chi connectivity index (χ3n) is 5.78. The normalized spacial score (nSPS) is 19.1. The molecule has 2 saturated heterocycles. The first kappa shape index (κ1) is 31.1. The van der Waals surface area contributed by atoms with Crippen molar-refractivity contribution in [3.8, 4) is 6.07 Å². The predicted octanol–water partition coefficient (Wildman–Crippen LogP) is 3.33. The van der Waals surface area contributed by atoms with E-state index >= 15 is 0 Å². The van der Waals surface area contributed by atoms with E-state index in [1.54, 1.807) is 10.9 Å². The molecule has 4 rings (SSSR count). The quantitative estimate of drug-likeness (QED) is 0.543. The second-order valence-corrected chi connectivity index (χ2v) is 8.49. The van der Waals surface area contributed by atoms with Crippen molar-refractivity contribution >= 4 is 23.5 Å². The number of aryl methyl sites for hydroxylation is 1. The Morgan fingerprint density at radius 1 is 1.08 bits per heavy atom. The number of hydrogen-bond donors (Lipinski definition) is 2. The molecular weight excluding hydrogens is 540 g/mol. The molecule has 0 aliphatic carbocycles. The first-order valence-electron chi connectivity index (χ1n) is 11.2. The van der Waals surface area contributed by atoms with Crippen LogP contribution in [0.4, 0.5) is 32.0 Å². The molecule has 1 amide bonds. The topological polar surface area (TPSA) is 140 Å². The zero-order chi connectivity index (χ0) is 29.5. The summed E-state index contributed by atoms with van der Waals surface area (Å²) < 4.78 is 65.2. The predicted molar refractivity (Wildman–Crippen MR) is 121 cm³/mol. The van der Waals surface area contributed by atoms with Gasteiger partial charge in [0.2, 0.25) is 5.91 Å². The van der Waals surface area contributed by atoms with Crippen LogP contribution in [0.1, 0.15) is 30.4 Å². The van der Waals surface area contributed by atoms with Crippen LogP contribution in [0.15, 0.2) is 36.7 Å². The minimum absolute atomic E-state index is 0.197. The van der Waals surface area contributed by atoms with E-state index in [4.69, 9.17) is 25.1 Å². The Morgan fingerprint density at radius 2 is 1.67 bits per heavy atom. The molecule has 3 heterocycles. The van der Waals surface area contributed by atoms with Crippen LogP contribution in [0.25, 0.3) is 0 Å². The Balaban J connectivity index is 0.000000317. The lowest BCUT2D eigenvalue weighted by Crippen LogP contribution is -2.52. The summed E-state index contributed by atoms with van der Waals surface area (Å²) >= 11 is 0. The van der Waals surface area contributed by atoms with Crippen molar-refractivity contribution < 1.29 is 50.9 Å². The highest BCUT2D eigenvalue weighted by Crippen LogP contribution is 2.35. The zero-order valence-electron chi connectivity index (χ0n) is 20.3. The Hall–Kier alpha value is -4.13. The van der Waals surface area contributed by atoms with Gasteiger partial charge in [0.25, 0.3) is 0 Å². The molecule has 1 aromatic heterocycles. The van der Waals surface area contributed by atoms with Crippen molar-refractivity contribution in [3.63, 3.8) is 0 Å². The van der Waals surface area contributed by atoms with E-state index in [0.29, 0.717) is 18.0 Å². The Labute approximate surface area is 217 Å². The summed E-state index contributed by atoms with van der Waals surface area (Å²) in [7, 11) is 1.87. The van der Waals surface area contributed by atoms with E-state index in [1.807, 2.05) is 36.3 Å². The van der Waals surface area contributed by atoms with Crippen LogP contribution >= 0.6 is 0 Å². The maximum atomic E-state index is 12.5. The first-order chi connectivity index (χ1) is 18.0. The third-order valence-corrected chi connectivity index (χ3v) is 5.78. The SMILES string of the molecule is Cn1cc(N2C(=O)CC[C@@H]3[C@H]2CCN3Cc2cccc(C#N)c2)cn1.O=C(O)C(F)(F)F.O=C(O)C(F)(F)F. The van der Waals surface area contributed by atoms with E-state index in [1.165, 1.54) is 0 Å². The van der Waals surface area contributed by atoms with Gasteiger partial charge in [-0.2, -0.15) is 36.7 Å². The number of alkyl halides is 6. The average Bonchev–Trinajstić information content (AvgIpc) is 3.44. The number of carbonyl (C=O) groups is 3. The number of fused-ring (bicyclic) bond motifs is 1. The van der Waals surface area contributed by atoms with Crippen LogP contribution < -0.4 is 4.90 Å². The summed E-state index contributed by atoms with van der Waals surface area (Å²) in [6.45, 7) is 1.79. The number of nitriles is 1. The number of benzene rings is 1. The number of aliphatic carboxylic acids is 2. The molecule has 16 heteroatoms. The second-order valence-electron chi connectivity index (χ2n) is 8.49. The fourth-order valence-electron chi connectivity index (χ4n) is 4.19. The van der Waals surface area contributed by atoms with Crippen LogP contribution in [0.2, 0.25) is 0 Å². The summed E-state index contributed by atoms with van der Waals surface area (Å²) in [6.07, 6.45) is -4.02. The van der Waals surface area contributed by atoms with E-state index in [-0.39, 0.29) is 11.9 Å². The van der Waals surface area contributed by atoms with Crippen molar-refractivity contribution in [2.24, 2.45) is 7.05 Å². The maximum absolute atomic E-state index is 12.5. The molecule has 2 aromatic rings. The molecule has 0 bridgehead atoms. The van der Waals surface area contributed by atoms with Crippen molar-refractivity contribution in [1.82, 2.24) is 14.7 Å². The highest BCUT2D eigenvalue weighted by molar-refractivity contribution is 5.94. The second kappa shape index (κ2) is 12.6. The largest absolute Gasteiger partial charge is 0.490 e. The van der Waals surface area contributed by atoms with Gasteiger partial charge in [-0.1, -0.05) is 12.1 Å². The minimum atomic E-state index is -5.08. The summed E-state index contributed by atoms with van der Waals surface area (Å²) in [5.74, 6) is -5.32. The number of hydrogen-bond acceptors (Lipinski definition) is 6. The summed E-state index contributed by atoms with van der Waals surface area (Å²) in [5.41, 5.74) is 2.75. The van der Waals surface area contributed by atoms with Gasteiger partial charge in [0.05, 0.1) is 29.6 Å². The zero-order valence-corrected chi connectivity index (χ0v) is 20.3. The summed E-state index contributed by atoms with van der Waals surface area (Å²) in [4.78, 5) is 34.7. The number of nitrogens with zero attached hydrogens (tertiary/aromatic N) is 5. The number of anilines is 1. The fraction of sp³-hybridized carbons (Fsp3) is 0.435. The van der Waals surface area contributed by atoms with Gasteiger partial charge < -0.3 is 15.1 Å². The lowest BCUT2D eigenvalue weighted by molar-refractivity contribution is -0.193. The molecule has 0 radical (unpaired) electrons. The molecule has 2 N–H and O–H groups in total. The summed E-state index contributed by atoms with van der Waals surface area (Å²) in [6, 6.07) is 10.6.